The zero-order valence-electron chi connectivity index (χ0n) is 8.02. The van der Waals surface area contributed by atoms with E-state index in [2.05, 4.69) is 0 Å². The van der Waals surface area contributed by atoms with E-state index in [4.69, 9.17) is 9.47 Å². The number of methoxy groups -OCH3 is 2. The topological polar surface area (TPSA) is 52.6 Å². The van der Waals surface area contributed by atoms with E-state index in [-0.39, 0.29) is 11.4 Å². The van der Waals surface area contributed by atoms with Crippen molar-refractivity contribution < 1.29 is 17.9 Å². The van der Waals surface area contributed by atoms with Gasteiger partial charge in [-0.1, -0.05) is 0 Å². The van der Waals surface area contributed by atoms with Gasteiger partial charge in [0.1, 0.15) is 0 Å². The molecule has 13 heavy (non-hydrogen) atoms. The van der Waals surface area contributed by atoms with Crippen molar-refractivity contribution in [3.05, 3.63) is 0 Å². The molecule has 1 rings (SSSR count). The van der Waals surface area contributed by atoms with Crippen molar-refractivity contribution >= 4 is 9.84 Å². The van der Waals surface area contributed by atoms with Gasteiger partial charge in [0, 0.05) is 14.2 Å². The fourth-order valence-electron chi connectivity index (χ4n) is 1.73. The summed E-state index contributed by atoms with van der Waals surface area (Å²) in [6.07, 6.45) is 1.14. The Kier molecular flexibility index (Phi) is 3.70. The maximum Gasteiger partial charge on any atom is 0.155 e. The first kappa shape index (κ1) is 10.9. The van der Waals surface area contributed by atoms with Crippen molar-refractivity contribution in [2.24, 2.45) is 0 Å². The van der Waals surface area contributed by atoms with Crippen LogP contribution in [-0.2, 0) is 19.3 Å². The van der Waals surface area contributed by atoms with Crippen molar-refractivity contribution in [3.8, 4) is 0 Å². The fourth-order valence-corrected chi connectivity index (χ4v) is 3.77. The van der Waals surface area contributed by atoms with Crippen LogP contribution < -0.4 is 0 Å². The Balaban J connectivity index is 2.68. The highest BCUT2D eigenvalue weighted by Crippen LogP contribution is 2.24. The van der Waals surface area contributed by atoms with Crippen LogP contribution in [-0.4, -0.2) is 46.4 Å². The van der Waals surface area contributed by atoms with E-state index < -0.39 is 9.84 Å². The van der Waals surface area contributed by atoms with Crippen molar-refractivity contribution in [1.29, 1.82) is 0 Å². The lowest BCUT2D eigenvalue weighted by Crippen LogP contribution is -2.35. The van der Waals surface area contributed by atoms with Crippen LogP contribution in [0.4, 0.5) is 0 Å². The summed E-state index contributed by atoms with van der Waals surface area (Å²) < 4.78 is 33.0. The minimum Gasteiger partial charge on any atom is -0.382 e. The van der Waals surface area contributed by atoms with Gasteiger partial charge in [-0.05, 0) is 12.8 Å². The largest absolute Gasteiger partial charge is 0.382 e. The Morgan fingerprint density at radius 2 is 2.15 bits per heavy atom. The highest BCUT2D eigenvalue weighted by Gasteiger charge is 2.37. The van der Waals surface area contributed by atoms with Gasteiger partial charge >= 0.3 is 0 Å². The average Bonchev–Trinajstić information content (AvgIpc) is 2.41. The van der Waals surface area contributed by atoms with E-state index in [1.807, 2.05) is 0 Å². The zero-order valence-corrected chi connectivity index (χ0v) is 8.84. The number of hydrogen-bond acceptors (Lipinski definition) is 4. The van der Waals surface area contributed by atoms with E-state index in [1.165, 1.54) is 7.11 Å². The van der Waals surface area contributed by atoms with Crippen LogP contribution in [0, 0.1) is 0 Å². The molecule has 5 heteroatoms. The third-order valence-electron chi connectivity index (χ3n) is 2.43. The number of hydrogen-bond donors (Lipinski definition) is 0. The van der Waals surface area contributed by atoms with E-state index >= 15 is 0 Å². The molecule has 0 saturated carbocycles. The molecular formula is C8H16O4S. The van der Waals surface area contributed by atoms with E-state index in [0.717, 1.165) is 6.42 Å². The first-order valence-electron chi connectivity index (χ1n) is 4.35. The highest BCUT2D eigenvalue weighted by atomic mass is 32.2. The SMILES string of the molecule is COCC(OC)C1CCCS1(=O)=O. The van der Waals surface area contributed by atoms with E-state index in [9.17, 15) is 8.42 Å². The molecule has 78 valence electrons. The summed E-state index contributed by atoms with van der Waals surface area (Å²) in [7, 11) is 0.149. The van der Waals surface area contributed by atoms with E-state index in [1.54, 1.807) is 7.11 Å². The Bertz CT molecular complexity index is 247. The molecule has 2 atom stereocenters. The molecule has 0 aromatic carbocycles. The standard InChI is InChI=1S/C8H16O4S/c1-11-6-7(12-2)8-4-3-5-13(8,9)10/h7-8H,3-6H2,1-2H3. The van der Waals surface area contributed by atoms with Crippen LogP contribution >= 0.6 is 0 Å². The molecule has 2 unspecified atom stereocenters. The molecule has 0 bridgehead atoms. The summed E-state index contributed by atoms with van der Waals surface area (Å²) in [4.78, 5) is 0. The third-order valence-corrected chi connectivity index (χ3v) is 4.75. The Morgan fingerprint density at radius 1 is 1.46 bits per heavy atom. The second-order valence-electron chi connectivity index (χ2n) is 3.28. The lowest BCUT2D eigenvalue weighted by Gasteiger charge is -2.20. The molecule has 1 aliphatic heterocycles. The predicted molar refractivity (Wildman–Crippen MR) is 49.5 cm³/mol. The van der Waals surface area contributed by atoms with Gasteiger partial charge in [0.25, 0.3) is 0 Å². The second kappa shape index (κ2) is 4.39. The van der Waals surface area contributed by atoms with Crippen molar-refractivity contribution in [2.75, 3.05) is 26.6 Å². The van der Waals surface area contributed by atoms with Crippen LogP contribution in [0.2, 0.25) is 0 Å². The molecule has 0 spiro atoms. The van der Waals surface area contributed by atoms with Gasteiger partial charge in [-0.3, -0.25) is 0 Å². The maximum atomic E-state index is 11.5. The second-order valence-corrected chi connectivity index (χ2v) is 5.62. The molecule has 0 aromatic rings. The Hall–Kier alpha value is -0.130. The molecule has 0 N–H and O–H groups in total. The molecule has 0 aliphatic carbocycles. The quantitative estimate of drug-likeness (QED) is 0.663. The highest BCUT2D eigenvalue weighted by molar-refractivity contribution is 7.92. The smallest absolute Gasteiger partial charge is 0.155 e. The number of ether oxygens (including phenoxy) is 2. The van der Waals surface area contributed by atoms with Crippen molar-refractivity contribution in [2.45, 2.75) is 24.2 Å². The summed E-state index contributed by atoms with van der Waals surface area (Å²) in [6, 6.07) is 0. The van der Waals surface area contributed by atoms with Crippen LogP contribution in [0.15, 0.2) is 0 Å². The third kappa shape index (κ3) is 2.42. The van der Waals surface area contributed by atoms with Gasteiger partial charge in [-0.2, -0.15) is 0 Å². The lowest BCUT2D eigenvalue weighted by molar-refractivity contribution is 0.0258. The van der Waals surface area contributed by atoms with Gasteiger partial charge in [0.15, 0.2) is 9.84 Å². The molecule has 0 amide bonds. The first-order valence-corrected chi connectivity index (χ1v) is 6.06. The molecule has 0 aromatic heterocycles. The molecule has 1 saturated heterocycles. The van der Waals surface area contributed by atoms with Gasteiger partial charge in [-0.15, -0.1) is 0 Å². The van der Waals surface area contributed by atoms with Crippen LogP contribution in [0.25, 0.3) is 0 Å². The number of sulfone groups is 1. The Morgan fingerprint density at radius 3 is 2.54 bits per heavy atom. The average molecular weight is 208 g/mol. The first-order chi connectivity index (χ1) is 6.11. The van der Waals surface area contributed by atoms with Crippen LogP contribution in [0.3, 0.4) is 0 Å². The molecule has 4 nitrogen and oxygen atoms in total. The monoisotopic (exact) mass is 208 g/mol. The van der Waals surface area contributed by atoms with E-state index in [0.29, 0.717) is 18.8 Å². The summed E-state index contributed by atoms with van der Waals surface area (Å²) in [5.74, 6) is 0.293. The maximum absolute atomic E-state index is 11.5. The summed E-state index contributed by atoms with van der Waals surface area (Å²) in [5.41, 5.74) is 0. The molecule has 1 heterocycles. The minimum atomic E-state index is -2.93. The molecular weight excluding hydrogens is 192 g/mol. The van der Waals surface area contributed by atoms with Gasteiger partial charge < -0.3 is 9.47 Å². The van der Waals surface area contributed by atoms with Gasteiger partial charge in [0.2, 0.25) is 0 Å². The van der Waals surface area contributed by atoms with Gasteiger partial charge in [0.05, 0.1) is 23.7 Å². The minimum absolute atomic E-state index is 0.293. The summed E-state index contributed by atoms with van der Waals surface area (Å²) in [6.45, 7) is 0.348. The normalized spacial score (nSPS) is 28.9. The lowest BCUT2D eigenvalue weighted by atomic mass is 10.2. The molecule has 0 radical (unpaired) electrons. The fraction of sp³-hybridized carbons (Fsp3) is 1.00. The predicted octanol–water partition coefficient (Wildman–Crippen LogP) is 0.225. The van der Waals surface area contributed by atoms with Crippen molar-refractivity contribution in [3.63, 3.8) is 0 Å². The van der Waals surface area contributed by atoms with Gasteiger partial charge in [-0.25, -0.2) is 8.42 Å². The number of rotatable bonds is 4. The van der Waals surface area contributed by atoms with Crippen LogP contribution in [0.1, 0.15) is 12.8 Å². The Labute approximate surface area is 79.1 Å². The zero-order chi connectivity index (χ0) is 9.90. The van der Waals surface area contributed by atoms with Crippen LogP contribution in [0.5, 0.6) is 0 Å². The molecule has 1 aliphatic rings. The molecule has 1 fully saturated rings. The van der Waals surface area contributed by atoms with Crippen molar-refractivity contribution in [1.82, 2.24) is 0 Å². The summed E-state index contributed by atoms with van der Waals surface area (Å²) in [5, 5.41) is -0.363. The summed E-state index contributed by atoms with van der Waals surface area (Å²) >= 11 is 0.